The van der Waals surface area contributed by atoms with E-state index in [9.17, 15) is 0 Å². The molecule has 0 saturated carbocycles. The van der Waals surface area contributed by atoms with Gasteiger partial charge in [-0.2, -0.15) is 0 Å². The normalized spacial score (nSPS) is 19.9. The van der Waals surface area contributed by atoms with E-state index in [-0.39, 0.29) is 0 Å². The first kappa shape index (κ1) is 13.3. The van der Waals surface area contributed by atoms with E-state index in [4.69, 9.17) is 0 Å². The van der Waals surface area contributed by atoms with Crippen molar-refractivity contribution in [2.24, 2.45) is 0 Å². The Morgan fingerprint density at radius 1 is 1.15 bits per heavy atom. The van der Waals surface area contributed by atoms with Gasteiger partial charge < -0.3 is 5.32 Å². The van der Waals surface area contributed by atoms with E-state index in [0.29, 0.717) is 6.04 Å². The van der Waals surface area contributed by atoms with Crippen LogP contribution in [0.3, 0.4) is 0 Å². The molecule has 1 aliphatic rings. The lowest BCUT2D eigenvalue weighted by molar-refractivity contribution is 0.191. The van der Waals surface area contributed by atoms with Gasteiger partial charge in [0.1, 0.15) is 0 Å². The minimum atomic E-state index is 0.426. The molecule has 0 amide bonds. The molecule has 3 nitrogen and oxygen atoms in total. The third-order valence-corrected chi connectivity index (χ3v) is 3.79. The lowest BCUT2D eigenvalue weighted by atomic mass is 10.0. The van der Waals surface area contributed by atoms with Crippen LogP contribution < -0.4 is 5.32 Å². The molecule has 3 heteroatoms. The molecular formula is C17H21N3. The molecule has 1 saturated heterocycles. The maximum Gasteiger partial charge on any atom is 0.0547 e. The molecule has 0 spiro atoms. The summed E-state index contributed by atoms with van der Waals surface area (Å²) in [4.78, 5) is 7.09. The van der Waals surface area contributed by atoms with E-state index in [2.05, 4.69) is 57.7 Å². The zero-order chi connectivity index (χ0) is 13.8. The van der Waals surface area contributed by atoms with Crippen LogP contribution in [0.2, 0.25) is 0 Å². The zero-order valence-corrected chi connectivity index (χ0v) is 11.9. The van der Waals surface area contributed by atoms with Gasteiger partial charge in [0.2, 0.25) is 0 Å². The Morgan fingerprint density at radius 3 is 2.80 bits per heavy atom. The van der Waals surface area contributed by atoms with Crippen LogP contribution in [-0.4, -0.2) is 29.5 Å². The first-order valence-corrected chi connectivity index (χ1v) is 7.24. The predicted molar refractivity (Wildman–Crippen MR) is 81.4 cm³/mol. The highest BCUT2D eigenvalue weighted by molar-refractivity contribution is 5.20. The summed E-state index contributed by atoms with van der Waals surface area (Å²) in [6.07, 6.45) is 0. The van der Waals surface area contributed by atoms with Crippen LogP contribution in [-0.2, 0) is 6.54 Å². The molecule has 2 aromatic rings. The van der Waals surface area contributed by atoms with E-state index in [1.165, 1.54) is 11.3 Å². The van der Waals surface area contributed by atoms with E-state index in [1.54, 1.807) is 0 Å². The van der Waals surface area contributed by atoms with E-state index < -0.39 is 0 Å². The molecule has 1 aromatic heterocycles. The first-order chi connectivity index (χ1) is 9.81. The molecular weight excluding hydrogens is 246 g/mol. The summed E-state index contributed by atoms with van der Waals surface area (Å²) in [7, 11) is 0. The maximum absolute atomic E-state index is 4.60. The summed E-state index contributed by atoms with van der Waals surface area (Å²) in [5, 5.41) is 3.60. The van der Waals surface area contributed by atoms with Crippen molar-refractivity contribution in [3.8, 4) is 0 Å². The molecule has 1 aromatic carbocycles. The maximum atomic E-state index is 4.60. The summed E-state index contributed by atoms with van der Waals surface area (Å²) in [5.74, 6) is 0. The number of aryl methyl sites for hydroxylation is 1. The fourth-order valence-electron chi connectivity index (χ4n) is 2.78. The summed E-state index contributed by atoms with van der Waals surface area (Å²) in [6, 6.07) is 17.4. The SMILES string of the molecule is Cc1cccc(CN2CCNC(c3ccccc3)C2)n1. The topological polar surface area (TPSA) is 28.2 Å². The standard InChI is InChI=1S/C17H21N3/c1-14-6-5-9-16(19-14)12-20-11-10-18-17(13-20)15-7-3-2-4-8-15/h2-9,17-18H,10-13H2,1H3. The van der Waals surface area contributed by atoms with E-state index in [1.807, 2.05) is 13.0 Å². The molecule has 3 rings (SSSR count). The molecule has 20 heavy (non-hydrogen) atoms. The van der Waals surface area contributed by atoms with Gasteiger partial charge in [-0.3, -0.25) is 9.88 Å². The molecule has 1 unspecified atom stereocenters. The smallest absolute Gasteiger partial charge is 0.0547 e. The first-order valence-electron chi connectivity index (χ1n) is 7.24. The molecule has 2 heterocycles. The number of nitrogens with zero attached hydrogens (tertiary/aromatic N) is 2. The van der Waals surface area contributed by atoms with Crippen LogP contribution in [0.5, 0.6) is 0 Å². The minimum absolute atomic E-state index is 0.426. The summed E-state index contributed by atoms with van der Waals surface area (Å²) in [6.45, 7) is 6.14. The van der Waals surface area contributed by atoms with Crippen molar-refractivity contribution in [3.63, 3.8) is 0 Å². The zero-order valence-electron chi connectivity index (χ0n) is 11.9. The average molecular weight is 267 g/mol. The van der Waals surface area contributed by atoms with Crippen LogP contribution in [0.15, 0.2) is 48.5 Å². The number of pyridine rings is 1. The number of piperazine rings is 1. The third-order valence-electron chi connectivity index (χ3n) is 3.79. The predicted octanol–water partition coefficient (Wildman–Crippen LogP) is 2.54. The van der Waals surface area contributed by atoms with Gasteiger partial charge in [-0.15, -0.1) is 0 Å². The number of rotatable bonds is 3. The van der Waals surface area contributed by atoms with Crippen molar-refractivity contribution in [1.29, 1.82) is 0 Å². The molecule has 0 radical (unpaired) electrons. The number of nitrogens with one attached hydrogen (secondary N) is 1. The highest BCUT2D eigenvalue weighted by Gasteiger charge is 2.20. The van der Waals surface area contributed by atoms with Gasteiger partial charge in [0.15, 0.2) is 0 Å². The number of hydrogen-bond acceptors (Lipinski definition) is 3. The molecule has 1 aliphatic heterocycles. The van der Waals surface area contributed by atoms with Crippen molar-refractivity contribution >= 4 is 0 Å². The Labute approximate surface area is 120 Å². The molecule has 1 fully saturated rings. The van der Waals surface area contributed by atoms with Crippen molar-refractivity contribution in [1.82, 2.24) is 15.2 Å². The lowest BCUT2D eigenvalue weighted by Crippen LogP contribution is -2.45. The Hall–Kier alpha value is -1.71. The molecule has 104 valence electrons. The lowest BCUT2D eigenvalue weighted by Gasteiger charge is -2.33. The second-order valence-corrected chi connectivity index (χ2v) is 5.42. The van der Waals surface area contributed by atoms with Crippen LogP contribution >= 0.6 is 0 Å². The van der Waals surface area contributed by atoms with Gasteiger partial charge in [0.05, 0.1) is 5.69 Å². The molecule has 1 N–H and O–H groups in total. The van der Waals surface area contributed by atoms with Crippen molar-refractivity contribution in [3.05, 3.63) is 65.5 Å². The largest absolute Gasteiger partial charge is 0.308 e. The Kier molecular flexibility index (Phi) is 4.09. The highest BCUT2D eigenvalue weighted by Crippen LogP contribution is 2.18. The summed E-state index contributed by atoms with van der Waals surface area (Å²) < 4.78 is 0. The fraction of sp³-hybridized carbons (Fsp3) is 0.353. The molecule has 0 bridgehead atoms. The fourth-order valence-corrected chi connectivity index (χ4v) is 2.78. The van der Waals surface area contributed by atoms with Crippen molar-refractivity contribution < 1.29 is 0 Å². The average Bonchev–Trinajstić information content (AvgIpc) is 2.48. The number of aromatic nitrogens is 1. The van der Waals surface area contributed by atoms with Gasteiger partial charge in [-0.05, 0) is 24.6 Å². The Balaban J connectivity index is 1.66. The summed E-state index contributed by atoms with van der Waals surface area (Å²) in [5.41, 5.74) is 3.63. The number of hydrogen-bond donors (Lipinski definition) is 1. The van der Waals surface area contributed by atoms with Gasteiger partial charge in [-0.25, -0.2) is 0 Å². The van der Waals surface area contributed by atoms with Gasteiger partial charge >= 0.3 is 0 Å². The highest BCUT2D eigenvalue weighted by atomic mass is 15.2. The Morgan fingerprint density at radius 2 is 2.00 bits per heavy atom. The monoisotopic (exact) mass is 267 g/mol. The third kappa shape index (κ3) is 3.24. The van der Waals surface area contributed by atoms with Crippen molar-refractivity contribution in [2.45, 2.75) is 19.5 Å². The second-order valence-electron chi connectivity index (χ2n) is 5.42. The van der Waals surface area contributed by atoms with E-state index >= 15 is 0 Å². The quantitative estimate of drug-likeness (QED) is 0.926. The summed E-state index contributed by atoms with van der Waals surface area (Å²) >= 11 is 0. The van der Waals surface area contributed by atoms with Crippen LogP contribution in [0, 0.1) is 6.92 Å². The van der Waals surface area contributed by atoms with E-state index in [0.717, 1.165) is 31.9 Å². The van der Waals surface area contributed by atoms with Crippen LogP contribution in [0.1, 0.15) is 23.0 Å². The van der Waals surface area contributed by atoms with Crippen molar-refractivity contribution in [2.75, 3.05) is 19.6 Å². The van der Waals surface area contributed by atoms with Crippen LogP contribution in [0.4, 0.5) is 0 Å². The molecule has 1 atom stereocenters. The van der Waals surface area contributed by atoms with Gasteiger partial charge in [-0.1, -0.05) is 36.4 Å². The van der Waals surface area contributed by atoms with Gasteiger partial charge in [0, 0.05) is 37.9 Å². The minimum Gasteiger partial charge on any atom is -0.308 e. The van der Waals surface area contributed by atoms with Gasteiger partial charge in [0.25, 0.3) is 0 Å². The number of benzene rings is 1. The van der Waals surface area contributed by atoms with Crippen LogP contribution in [0.25, 0.3) is 0 Å². The molecule has 0 aliphatic carbocycles. The second kappa shape index (κ2) is 6.16. The Bertz CT molecular complexity index is 553.